The van der Waals surface area contributed by atoms with E-state index in [4.69, 9.17) is 5.11 Å². The van der Waals surface area contributed by atoms with Gasteiger partial charge in [-0.25, -0.2) is 9.78 Å². The maximum atomic E-state index is 12.8. The summed E-state index contributed by atoms with van der Waals surface area (Å²) in [7, 11) is 0. The smallest absolute Gasteiger partial charge is 0.335 e. The Labute approximate surface area is 182 Å². The third-order valence-corrected chi connectivity index (χ3v) is 5.60. The number of rotatable bonds is 5. The summed E-state index contributed by atoms with van der Waals surface area (Å²) < 4.78 is 2.31. The monoisotopic (exact) mass is 483 g/mol. The molecule has 150 valence electrons. The third-order valence-electron chi connectivity index (χ3n) is 4.24. The van der Waals surface area contributed by atoms with Crippen LogP contribution in [0.2, 0.25) is 0 Å². The number of H-pyrrole nitrogens is 1. The average Bonchev–Trinajstić information content (AvgIpc) is 3.32. The van der Waals surface area contributed by atoms with Gasteiger partial charge in [-0.15, -0.1) is 16.5 Å². The van der Waals surface area contributed by atoms with E-state index in [-0.39, 0.29) is 16.8 Å². The van der Waals surface area contributed by atoms with Gasteiger partial charge < -0.3 is 5.11 Å². The number of aromatic nitrogens is 3. The maximum absolute atomic E-state index is 12.8. The topological polar surface area (TPSA) is 113 Å². The number of hydrogen-bond acceptors (Lipinski definition) is 6. The molecule has 4 aromatic rings. The summed E-state index contributed by atoms with van der Waals surface area (Å²) >= 11 is 4.75. The number of aromatic carboxylic acids is 1. The van der Waals surface area contributed by atoms with Crippen molar-refractivity contribution >= 4 is 44.6 Å². The number of benzene rings is 2. The molecule has 4 rings (SSSR count). The average molecular weight is 484 g/mol. The number of halogens is 1. The van der Waals surface area contributed by atoms with Crippen LogP contribution in [0.15, 0.2) is 73.4 Å². The van der Waals surface area contributed by atoms with Gasteiger partial charge in [0.25, 0.3) is 0 Å². The standard InChI is InChI=1S/C20H14BrN5O3S/c1-11-17(24-23-15-8-4-13(5-9-15)19(28)29)18(27)26(25-11)20-22-16(10-30-20)12-2-6-14(21)7-3-12/h2-10,25H,1H3,(H,28,29). The van der Waals surface area contributed by atoms with E-state index in [0.29, 0.717) is 16.5 Å². The van der Waals surface area contributed by atoms with Crippen LogP contribution in [0, 0.1) is 6.92 Å². The van der Waals surface area contributed by atoms with E-state index >= 15 is 0 Å². The van der Waals surface area contributed by atoms with Crippen molar-refractivity contribution in [1.29, 1.82) is 0 Å². The van der Waals surface area contributed by atoms with Crippen LogP contribution >= 0.6 is 27.3 Å². The van der Waals surface area contributed by atoms with E-state index in [9.17, 15) is 9.59 Å². The number of azo groups is 1. The molecule has 0 fully saturated rings. The minimum atomic E-state index is -1.02. The predicted molar refractivity (Wildman–Crippen MR) is 118 cm³/mol. The molecule has 0 aliphatic rings. The third kappa shape index (κ3) is 4.00. The Kier molecular flexibility index (Phi) is 5.42. The fourth-order valence-electron chi connectivity index (χ4n) is 2.69. The first-order chi connectivity index (χ1) is 14.4. The van der Waals surface area contributed by atoms with E-state index in [1.54, 1.807) is 6.92 Å². The van der Waals surface area contributed by atoms with E-state index in [1.807, 2.05) is 29.6 Å². The SMILES string of the molecule is Cc1[nH]n(-c2nc(-c3ccc(Br)cc3)cs2)c(=O)c1N=Nc1ccc(C(=O)O)cc1. The summed E-state index contributed by atoms with van der Waals surface area (Å²) in [4.78, 5) is 28.3. The quantitative estimate of drug-likeness (QED) is 0.366. The number of aromatic amines is 1. The van der Waals surface area contributed by atoms with Gasteiger partial charge in [-0.3, -0.25) is 9.89 Å². The Morgan fingerprint density at radius 3 is 2.50 bits per heavy atom. The second kappa shape index (κ2) is 8.17. The fraction of sp³-hybridized carbons (Fsp3) is 0.0500. The second-order valence-corrected chi connectivity index (χ2v) is 8.05. The highest BCUT2D eigenvalue weighted by molar-refractivity contribution is 9.10. The van der Waals surface area contributed by atoms with Gasteiger partial charge in [0.2, 0.25) is 5.13 Å². The highest BCUT2D eigenvalue weighted by Crippen LogP contribution is 2.26. The lowest BCUT2D eigenvalue weighted by molar-refractivity contribution is 0.0697. The minimum absolute atomic E-state index is 0.152. The Morgan fingerprint density at radius 2 is 1.83 bits per heavy atom. The Hall–Kier alpha value is -3.37. The van der Waals surface area contributed by atoms with Crippen molar-refractivity contribution in [2.24, 2.45) is 10.2 Å². The summed E-state index contributed by atoms with van der Waals surface area (Å²) in [6.07, 6.45) is 0. The summed E-state index contributed by atoms with van der Waals surface area (Å²) in [6.45, 7) is 1.73. The van der Waals surface area contributed by atoms with Crippen molar-refractivity contribution in [1.82, 2.24) is 14.8 Å². The second-order valence-electron chi connectivity index (χ2n) is 6.30. The van der Waals surface area contributed by atoms with Crippen LogP contribution in [0.5, 0.6) is 0 Å². The molecule has 0 aliphatic heterocycles. The molecule has 30 heavy (non-hydrogen) atoms. The first-order valence-corrected chi connectivity index (χ1v) is 10.4. The van der Waals surface area contributed by atoms with Crippen molar-refractivity contribution in [3.63, 3.8) is 0 Å². The molecule has 0 spiro atoms. The zero-order chi connectivity index (χ0) is 21.3. The predicted octanol–water partition coefficient (Wildman–Crippen LogP) is 5.47. The molecule has 0 radical (unpaired) electrons. The van der Waals surface area contributed by atoms with Gasteiger partial charge in [0.15, 0.2) is 5.69 Å². The molecule has 0 atom stereocenters. The fourth-order valence-corrected chi connectivity index (χ4v) is 3.74. The summed E-state index contributed by atoms with van der Waals surface area (Å²) in [5, 5.41) is 22.4. The lowest BCUT2D eigenvalue weighted by Gasteiger charge is -1.97. The van der Waals surface area contributed by atoms with Crippen molar-refractivity contribution in [2.45, 2.75) is 6.92 Å². The van der Waals surface area contributed by atoms with Crippen molar-refractivity contribution in [3.8, 4) is 16.4 Å². The van der Waals surface area contributed by atoms with Crippen LogP contribution in [0.1, 0.15) is 16.1 Å². The van der Waals surface area contributed by atoms with Crippen LogP contribution in [0.3, 0.4) is 0 Å². The van der Waals surface area contributed by atoms with Crippen molar-refractivity contribution < 1.29 is 9.90 Å². The molecular formula is C20H14BrN5O3S. The molecule has 2 heterocycles. The van der Waals surface area contributed by atoms with Gasteiger partial charge in [0.1, 0.15) is 0 Å². The minimum Gasteiger partial charge on any atom is -0.478 e. The number of carboxylic acid groups (broad SMARTS) is 1. The van der Waals surface area contributed by atoms with Gasteiger partial charge in [0.05, 0.1) is 22.6 Å². The number of carboxylic acids is 1. The number of carbonyl (C=O) groups is 1. The van der Waals surface area contributed by atoms with Gasteiger partial charge in [0, 0.05) is 15.4 Å². The first-order valence-electron chi connectivity index (χ1n) is 8.71. The molecule has 10 heteroatoms. The largest absolute Gasteiger partial charge is 0.478 e. The highest BCUT2D eigenvalue weighted by Gasteiger charge is 2.15. The van der Waals surface area contributed by atoms with Crippen LogP contribution < -0.4 is 5.56 Å². The molecular weight excluding hydrogens is 470 g/mol. The zero-order valence-electron chi connectivity index (χ0n) is 15.5. The van der Waals surface area contributed by atoms with Gasteiger partial charge in [-0.05, 0) is 43.3 Å². The maximum Gasteiger partial charge on any atom is 0.335 e. The number of nitrogens with one attached hydrogen (secondary N) is 1. The Bertz CT molecular complexity index is 1300. The summed E-state index contributed by atoms with van der Waals surface area (Å²) in [5.74, 6) is -1.02. The molecule has 0 saturated heterocycles. The molecule has 2 aromatic heterocycles. The molecule has 0 bridgehead atoms. The molecule has 8 nitrogen and oxygen atoms in total. The van der Waals surface area contributed by atoms with Gasteiger partial charge >= 0.3 is 11.5 Å². The Morgan fingerprint density at radius 1 is 1.13 bits per heavy atom. The van der Waals surface area contributed by atoms with Crippen LogP contribution in [-0.2, 0) is 0 Å². The number of aryl methyl sites for hydroxylation is 1. The number of thiazole rings is 1. The summed E-state index contributed by atoms with van der Waals surface area (Å²) in [5.41, 5.74) is 2.65. The summed E-state index contributed by atoms with van der Waals surface area (Å²) in [6, 6.07) is 13.7. The molecule has 2 aromatic carbocycles. The van der Waals surface area contributed by atoms with Gasteiger partial charge in [-0.2, -0.15) is 9.80 Å². The van der Waals surface area contributed by atoms with Crippen molar-refractivity contribution in [2.75, 3.05) is 0 Å². The van der Waals surface area contributed by atoms with Crippen molar-refractivity contribution in [3.05, 3.63) is 80.0 Å². The van der Waals surface area contributed by atoms with E-state index in [1.165, 1.54) is 40.3 Å². The molecule has 0 unspecified atom stereocenters. The van der Waals surface area contributed by atoms with E-state index in [0.717, 1.165) is 15.7 Å². The number of hydrogen-bond donors (Lipinski definition) is 2. The molecule has 0 amide bonds. The Balaban J connectivity index is 1.62. The zero-order valence-corrected chi connectivity index (χ0v) is 17.9. The molecule has 0 aliphatic carbocycles. The van der Waals surface area contributed by atoms with Crippen LogP contribution in [-0.4, -0.2) is 25.8 Å². The molecule has 0 saturated carbocycles. The molecule has 2 N–H and O–H groups in total. The van der Waals surface area contributed by atoms with E-state index < -0.39 is 5.97 Å². The van der Waals surface area contributed by atoms with Gasteiger partial charge in [-0.1, -0.05) is 28.1 Å². The van der Waals surface area contributed by atoms with Crippen LogP contribution in [0.4, 0.5) is 11.4 Å². The van der Waals surface area contributed by atoms with E-state index in [2.05, 4.69) is 36.2 Å². The van der Waals surface area contributed by atoms with Crippen LogP contribution in [0.25, 0.3) is 16.4 Å². The lowest BCUT2D eigenvalue weighted by Crippen LogP contribution is -2.13. The lowest BCUT2D eigenvalue weighted by atomic mass is 10.2. The first kappa shape index (κ1) is 19.9. The normalized spacial score (nSPS) is 11.3. The number of nitrogens with zero attached hydrogens (tertiary/aromatic N) is 4. The highest BCUT2D eigenvalue weighted by atomic mass is 79.9.